The smallest absolute Gasteiger partial charge is 0.349 e. The summed E-state index contributed by atoms with van der Waals surface area (Å²) in [6, 6.07) is 4.56. The largest absolute Gasteiger partial charge is 0.451 e. The molecule has 2 aliphatic carbocycles. The minimum absolute atomic E-state index is 0.0881. The van der Waals surface area contributed by atoms with E-state index in [-0.39, 0.29) is 24.1 Å². The van der Waals surface area contributed by atoms with Gasteiger partial charge < -0.3 is 14.6 Å². The first-order valence-electron chi connectivity index (χ1n) is 10.2. The summed E-state index contributed by atoms with van der Waals surface area (Å²) < 4.78 is 7.35. The van der Waals surface area contributed by atoms with Gasteiger partial charge in [-0.3, -0.25) is 4.79 Å². The normalized spacial score (nSPS) is 22.4. The number of aromatic nitrogens is 1. The van der Waals surface area contributed by atoms with Crippen LogP contribution in [0.15, 0.2) is 11.6 Å². The van der Waals surface area contributed by atoms with Crippen LogP contribution in [0.1, 0.15) is 68.4 Å². The topological polar surface area (TPSA) is 84.1 Å². The maximum absolute atomic E-state index is 12.3. The van der Waals surface area contributed by atoms with Gasteiger partial charge >= 0.3 is 5.97 Å². The predicted octanol–water partition coefficient (Wildman–Crippen LogP) is 3.58. The first-order valence-corrected chi connectivity index (χ1v) is 10.2. The molecule has 28 heavy (non-hydrogen) atoms. The Balaban J connectivity index is 1.59. The van der Waals surface area contributed by atoms with Gasteiger partial charge in [-0.25, -0.2) is 4.79 Å². The number of aryl methyl sites for hydroxylation is 1. The van der Waals surface area contributed by atoms with Crippen LogP contribution in [0, 0.1) is 31.1 Å². The fourth-order valence-corrected chi connectivity index (χ4v) is 4.12. The molecule has 1 aromatic rings. The number of esters is 1. The lowest BCUT2D eigenvalue weighted by atomic mass is 9.86. The monoisotopic (exact) mass is 383 g/mol. The van der Waals surface area contributed by atoms with Crippen LogP contribution in [-0.4, -0.2) is 29.1 Å². The predicted molar refractivity (Wildman–Crippen MR) is 106 cm³/mol. The molecule has 6 nitrogen and oxygen atoms in total. The van der Waals surface area contributed by atoms with Gasteiger partial charge in [0.15, 0.2) is 6.61 Å². The highest BCUT2D eigenvalue weighted by atomic mass is 16.5. The van der Waals surface area contributed by atoms with Crippen LogP contribution < -0.4 is 5.32 Å². The molecule has 150 valence electrons. The van der Waals surface area contributed by atoms with E-state index in [4.69, 9.17) is 4.74 Å². The van der Waals surface area contributed by atoms with Crippen LogP contribution in [0.25, 0.3) is 6.08 Å². The number of hydrogen-bond acceptors (Lipinski definition) is 4. The number of nitrogens with zero attached hydrogens (tertiary/aromatic N) is 2. The lowest BCUT2D eigenvalue weighted by Gasteiger charge is -2.29. The summed E-state index contributed by atoms with van der Waals surface area (Å²) in [4.78, 5) is 24.4. The number of carbonyl (C=O) groups excluding carboxylic acids is 2. The molecule has 2 aliphatic rings. The number of hydrogen-bond donors (Lipinski definition) is 1. The van der Waals surface area contributed by atoms with E-state index >= 15 is 0 Å². The Hall–Kier alpha value is -2.55. The lowest BCUT2D eigenvalue weighted by molar-refractivity contribution is -0.144. The van der Waals surface area contributed by atoms with Gasteiger partial charge in [-0.15, -0.1) is 0 Å². The van der Waals surface area contributed by atoms with Crippen molar-refractivity contribution in [1.29, 1.82) is 5.26 Å². The Morgan fingerprint density at radius 1 is 1.29 bits per heavy atom. The molecule has 1 N–H and O–H groups in total. The summed E-state index contributed by atoms with van der Waals surface area (Å²) >= 11 is 0. The van der Waals surface area contributed by atoms with Crippen LogP contribution >= 0.6 is 0 Å². The van der Waals surface area contributed by atoms with Gasteiger partial charge in [0.25, 0.3) is 5.91 Å². The van der Waals surface area contributed by atoms with E-state index in [1.54, 1.807) is 6.08 Å². The third kappa shape index (κ3) is 4.64. The highest BCUT2D eigenvalue weighted by molar-refractivity contribution is 5.99. The Morgan fingerprint density at radius 2 is 2.00 bits per heavy atom. The zero-order chi connectivity index (χ0) is 20.3. The van der Waals surface area contributed by atoms with E-state index in [1.807, 2.05) is 26.0 Å². The van der Waals surface area contributed by atoms with E-state index in [0.717, 1.165) is 36.2 Å². The summed E-state index contributed by atoms with van der Waals surface area (Å²) in [6.45, 7) is 5.80. The van der Waals surface area contributed by atoms with Crippen LogP contribution in [-0.2, 0) is 14.3 Å². The summed E-state index contributed by atoms with van der Waals surface area (Å²) in [6.07, 6.45) is 8.26. The SMILES string of the molecule is Cc1cc(/C=C(\C#N)C(=O)OCC(=O)N[C@@H]2CCCC[C@H]2C)c(C)n1C1CC1. The van der Waals surface area contributed by atoms with Crippen molar-refractivity contribution < 1.29 is 14.3 Å². The fraction of sp³-hybridized carbons (Fsp3) is 0.591. The van der Waals surface area contributed by atoms with Crippen molar-refractivity contribution in [2.75, 3.05) is 6.61 Å². The molecule has 0 aromatic carbocycles. The van der Waals surface area contributed by atoms with Crippen LogP contribution in [0.4, 0.5) is 0 Å². The first-order chi connectivity index (χ1) is 13.4. The Labute approximate surface area is 166 Å². The van der Waals surface area contributed by atoms with E-state index in [1.165, 1.54) is 19.3 Å². The second-order valence-corrected chi connectivity index (χ2v) is 8.11. The molecule has 0 aliphatic heterocycles. The molecule has 6 heteroatoms. The van der Waals surface area contributed by atoms with E-state index < -0.39 is 5.97 Å². The van der Waals surface area contributed by atoms with E-state index in [9.17, 15) is 14.9 Å². The summed E-state index contributed by atoms with van der Waals surface area (Å²) in [5.41, 5.74) is 2.93. The molecule has 0 saturated heterocycles. The highest BCUT2D eigenvalue weighted by Crippen LogP contribution is 2.38. The summed E-state index contributed by atoms with van der Waals surface area (Å²) in [7, 11) is 0. The van der Waals surface area contributed by atoms with E-state index in [2.05, 4.69) is 16.8 Å². The molecule has 1 aromatic heterocycles. The van der Waals surface area contributed by atoms with Gasteiger partial charge in [-0.2, -0.15) is 5.26 Å². The first kappa shape index (κ1) is 20.2. The van der Waals surface area contributed by atoms with Crippen molar-refractivity contribution in [3.05, 3.63) is 28.6 Å². The molecule has 2 atom stereocenters. The highest BCUT2D eigenvalue weighted by Gasteiger charge is 2.27. The molecule has 2 saturated carbocycles. The molecular formula is C22H29N3O3. The second-order valence-electron chi connectivity index (χ2n) is 8.11. The van der Waals surface area contributed by atoms with Gasteiger partial charge in [0.1, 0.15) is 11.6 Å². The number of carbonyl (C=O) groups is 2. The van der Waals surface area contributed by atoms with Gasteiger partial charge in [0.05, 0.1) is 0 Å². The zero-order valence-electron chi connectivity index (χ0n) is 17.0. The number of ether oxygens (including phenoxy) is 1. The Bertz CT molecular complexity index is 827. The molecule has 3 rings (SSSR count). The average molecular weight is 383 g/mol. The maximum Gasteiger partial charge on any atom is 0.349 e. The summed E-state index contributed by atoms with van der Waals surface area (Å²) in [5, 5.41) is 12.3. The van der Waals surface area contributed by atoms with Gasteiger partial charge in [0, 0.05) is 23.5 Å². The van der Waals surface area contributed by atoms with Crippen molar-refractivity contribution in [3.63, 3.8) is 0 Å². The number of rotatable bonds is 6. The second kappa shape index (κ2) is 8.64. The van der Waals surface area contributed by atoms with Gasteiger partial charge in [-0.05, 0) is 63.2 Å². The van der Waals surface area contributed by atoms with Crippen molar-refractivity contribution in [2.45, 2.75) is 71.4 Å². The standard InChI is InChI=1S/C22H29N3O3/c1-14-6-4-5-7-20(14)24-21(26)13-28-22(27)18(12-23)11-17-10-15(2)25(16(17)3)19-8-9-19/h10-11,14,19-20H,4-9,13H2,1-3H3,(H,24,26)/b18-11+/t14-,20-/m1/s1. The molecule has 0 spiro atoms. The Kier molecular flexibility index (Phi) is 6.23. The van der Waals surface area contributed by atoms with Crippen LogP contribution in [0.2, 0.25) is 0 Å². The third-order valence-electron chi connectivity index (χ3n) is 5.87. The molecule has 1 amide bonds. The van der Waals surface area contributed by atoms with E-state index in [0.29, 0.717) is 12.0 Å². The molecule has 0 bridgehead atoms. The van der Waals surface area contributed by atoms with Gasteiger partial charge in [-0.1, -0.05) is 19.8 Å². The molecule has 0 unspecified atom stereocenters. The number of nitriles is 1. The molecule has 2 fully saturated rings. The molecule has 1 heterocycles. The lowest BCUT2D eigenvalue weighted by Crippen LogP contribution is -2.42. The number of amides is 1. The van der Waals surface area contributed by atoms with Crippen molar-refractivity contribution in [1.82, 2.24) is 9.88 Å². The Morgan fingerprint density at radius 3 is 2.64 bits per heavy atom. The minimum Gasteiger partial charge on any atom is -0.451 e. The molecule has 0 radical (unpaired) electrons. The average Bonchev–Trinajstić information content (AvgIpc) is 3.45. The minimum atomic E-state index is -0.759. The third-order valence-corrected chi connectivity index (χ3v) is 5.87. The fourth-order valence-electron chi connectivity index (χ4n) is 4.12. The van der Waals surface area contributed by atoms with Crippen LogP contribution in [0.3, 0.4) is 0 Å². The van der Waals surface area contributed by atoms with Crippen LogP contribution in [0.5, 0.6) is 0 Å². The van der Waals surface area contributed by atoms with Crippen molar-refractivity contribution in [2.24, 2.45) is 5.92 Å². The van der Waals surface area contributed by atoms with Gasteiger partial charge in [0.2, 0.25) is 0 Å². The maximum atomic E-state index is 12.3. The van der Waals surface area contributed by atoms with Crippen molar-refractivity contribution in [3.8, 4) is 6.07 Å². The number of nitrogens with one attached hydrogen (secondary N) is 1. The zero-order valence-corrected chi connectivity index (χ0v) is 17.0. The quantitative estimate of drug-likeness (QED) is 0.462. The summed E-state index contributed by atoms with van der Waals surface area (Å²) in [5.74, 6) is -0.633. The molecular weight excluding hydrogens is 354 g/mol. The van der Waals surface area contributed by atoms with Crippen molar-refractivity contribution >= 4 is 18.0 Å².